The van der Waals surface area contributed by atoms with Gasteiger partial charge in [0, 0.05) is 36.2 Å². The Bertz CT molecular complexity index is 872. The van der Waals surface area contributed by atoms with Crippen LogP contribution in [0.2, 0.25) is 0 Å². The second-order valence-electron chi connectivity index (χ2n) is 9.40. The van der Waals surface area contributed by atoms with E-state index in [0.717, 1.165) is 31.1 Å². The Morgan fingerprint density at radius 1 is 1.07 bits per heavy atom. The van der Waals surface area contributed by atoms with E-state index in [9.17, 15) is 8.78 Å². The van der Waals surface area contributed by atoms with Crippen LogP contribution in [0.15, 0.2) is 42.5 Å². The van der Waals surface area contributed by atoms with Crippen LogP contribution in [0.25, 0.3) is 0 Å². The minimum atomic E-state index is -0.611. The van der Waals surface area contributed by atoms with Crippen LogP contribution in [0, 0.1) is 17.0 Å². The lowest BCUT2D eigenvalue weighted by Gasteiger charge is -2.37. The van der Waals surface area contributed by atoms with E-state index in [4.69, 9.17) is 4.74 Å². The minimum absolute atomic E-state index is 0.116. The van der Waals surface area contributed by atoms with Crippen LogP contribution in [0.3, 0.4) is 0 Å². The molecule has 2 aliphatic carbocycles. The fraction of sp³-hybridized carbons (Fsp3) is 0.520. The molecule has 1 heterocycles. The summed E-state index contributed by atoms with van der Waals surface area (Å²) in [4.78, 5) is 0. The van der Waals surface area contributed by atoms with Crippen molar-refractivity contribution in [3.63, 3.8) is 0 Å². The van der Waals surface area contributed by atoms with Gasteiger partial charge in [0.2, 0.25) is 0 Å². The summed E-state index contributed by atoms with van der Waals surface area (Å²) in [6.07, 6.45) is 7.15. The van der Waals surface area contributed by atoms with E-state index in [-0.39, 0.29) is 24.3 Å². The van der Waals surface area contributed by atoms with E-state index in [2.05, 4.69) is 10.6 Å². The van der Waals surface area contributed by atoms with Gasteiger partial charge in [-0.3, -0.25) is 0 Å². The second-order valence-corrected chi connectivity index (χ2v) is 9.40. The van der Waals surface area contributed by atoms with Gasteiger partial charge in [0.1, 0.15) is 12.4 Å². The van der Waals surface area contributed by atoms with Crippen LogP contribution in [0.4, 0.5) is 8.78 Å². The lowest BCUT2D eigenvalue weighted by atomic mass is 9.72. The molecule has 3 nitrogen and oxygen atoms in total. The van der Waals surface area contributed by atoms with Gasteiger partial charge in [0.05, 0.1) is 0 Å². The number of rotatable bonds is 6. The van der Waals surface area contributed by atoms with Gasteiger partial charge in [-0.05, 0) is 62.1 Å². The molecule has 2 N–H and O–H groups in total. The summed E-state index contributed by atoms with van der Waals surface area (Å²) in [5.41, 5.74) is 2.15. The molecule has 0 amide bonds. The first-order valence-corrected chi connectivity index (χ1v) is 11.2. The Morgan fingerprint density at radius 3 is 2.60 bits per heavy atom. The van der Waals surface area contributed by atoms with Gasteiger partial charge >= 0.3 is 0 Å². The van der Waals surface area contributed by atoms with Gasteiger partial charge in [0.25, 0.3) is 0 Å². The maximum atomic E-state index is 14.6. The molecular weight excluding hydrogens is 382 g/mol. The van der Waals surface area contributed by atoms with E-state index in [1.165, 1.54) is 38.2 Å². The molecule has 1 aliphatic heterocycles. The first-order chi connectivity index (χ1) is 14.6. The van der Waals surface area contributed by atoms with Gasteiger partial charge in [0.15, 0.2) is 11.6 Å². The molecule has 5 heteroatoms. The number of benzene rings is 2. The van der Waals surface area contributed by atoms with Crippen molar-refractivity contribution in [2.75, 3.05) is 13.1 Å². The Kier molecular flexibility index (Phi) is 5.50. The third-order valence-electron chi connectivity index (χ3n) is 7.28. The molecular formula is C25H30F2N2O. The number of hydrogen-bond donors (Lipinski definition) is 2. The highest BCUT2D eigenvalue weighted by Gasteiger charge is 2.44. The van der Waals surface area contributed by atoms with Crippen molar-refractivity contribution < 1.29 is 13.5 Å². The molecule has 5 rings (SSSR count). The second kappa shape index (κ2) is 8.27. The van der Waals surface area contributed by atoms with Crippen molar-refractivity contribution in [1.29, 1.82) is 0 Å². The van der Waals surface area contributed by atoms with Crippen LogP contribution in [-0.4, -0.2) is 25.2 Å². The van der Waals surface area contributed by atoms with Crippen LogP contribution >= 0.6 is 0 Å². The molecule has 3 aliphatic rings. The van der Waals surface area contributed by atoms with Crippen molar-refractivity contribution in [2.45, 2.75) is 63.1 Å². The van der Waals surface area contributed by atoms with Crippen LogP contribution in [-0.2, 0) is 6.61 Å². The lowest BCUT2D eigenvalue weighted by molar-refractivity contribution is 0.183. The monoisotopic (exact) mass is 412 g/mol. The molecule has 1 saturated heterocycles. The highest BCUT2D eigenvalue weighted by Crippen LogP contribution is 2.48. The van der Waals surface area contributed by atoms with Gasteiger partial charge in [-0.2, -0.15) is 0 Å². The number of ether oxygens (including phenoxy) is 1. The minimum Gasteiger partial charge on any atom is -0.486 e. The smallest absolute Gasteiger partial charge is 0.168 e. The molecule has 0 radical (unpaired) electrons. The van der Waals surface area contributed by atoms with Crippen molar-refractivity contribution in [3.8, 4) is 5.75 Å². The van der Waals surface area contributed by atoms with E-state index in [1.54, 1.807) is 0 Å². The molecule has 2 saturated carbocycles. The summed E-state index contributed by atoms with van der Waals surface area (Å²) in [5.74, 6) is -0.826. The molecule has 30 heavy (non-hydrogen) atoms. The fourth-order valence-corrected chi connectivity index (χ4v) is 5.38. The van der Waals surface area contributed by atoms with Gasteiger partial charge in [-0.25, -0.2) is 8.78 Å². The maximum absolute atomic E-state index is 14.6. The highest BCUT2D eigenvalue weighted by molar-refractivity contribution is 5.42. The first-order valence-electron chi connectivity index (χ1n) is 11.2. The molecule has 2 unspecified atom stereocenters. The SMILES string of the molecule is Fc1cc(F)c(OCc2ccccc2)c(C2CC2NC2CCC3(CCNC3)CC2)c1. The average Bonchev–Trinajstić information content (AvgIpc) is 3.37. The summed E-state index contributed by atoms with van der Waals surface area (Å²) in [5, 5.41) is 7.28. The van der Waals surface area contributed by atoms with Crippen molar-refractivity contribution in [2.24, 2.45) is 5.41 Å². The zero-order valence-electron chi connectivity index (χ0n) is 17.3. The van der Waals surface area contributed by atoms with Crippen LogP contribution in [0.5, 0.6) is 5.75 Å². The van der Waals surface area contributed by atoms with Crippen molar-refractivity contribution >= 4 is 0 Å². The average molecular weight is 413 g/mol. The largest absolute Gasteiger partial charge is 0.486 e. The quantitative estimate of drug-likeness (QED) is 0.707. The fourth-order valence-electron chi connectivity index (χ4n) is 5.38. The van der Waals surface area contributed by atoms with E-state index < -0.39 is 11.6 Å². The summed E-state index contributed by atoms with van der Waals surface area (Å²) in [6, 6.07) is 12.8. The maximum Gasteiger partial charge on any atom is 0.168 e. The first kappa shape index (κ1) is 20.0. The Morgan fingerprint density at radius 2 is 1.87 bits per heavy atom. The zero-order chi connectivity index (χ0) is 20.6. The van der Waals surface area contributed by atoms with E-state index in [1.807, 2.05) is 30.3 Å². The number of nitrogens with one attached hydrogen (secondary N) is 2. The third kappa shape index (κ3) is 4.23. The standard InChI is InChI=1S/C25H30F2N2O/c26-18-12-21(24(22(27)13-18)30-15-17-4-2-1-3-5-17)20-14-23(20)29-19-6-8-25(9-7-19)10-11-28-16-25/h1-5,12-13,19-20,23,28-29H,6-11,14-16H2. The molecule has 0 bridgehead atoms. The molecule has 2 atom stereocenters. The predicted molar refractivity (Wildman–Crippen MR) is 114 cm³/mol. The van der Waals surface area contributed by atoms with Gasteiger partial charge < -0.3 is 15.4 Å². The summed E-state index contributed by atoms with van der Waals surface area (Å²) in [6.45, 7) is 2.59. The van der Waals surface area contributed by atoms with Gasteiger partial charge in [-0.15, -0.1) is 0 Å². The van der Waals surface area contributed by atoms with Crippen molar-refractivity contribution in [3.05, 3.63) is 65.2 Å². The molecule has 2 aromatic carbocycles. The molecule has 2 aromatic rings. The van der Waals surface area contributed by atoms with E-state index in [0.29, 0.717) is 17.0 Å². The Hall–Kier alpha value is -1.98. The summed E-state index contributed by atoms with van der Waals surface area (Å²) >= 11 is 0. The van der Waals surface area contributed by atoms with Gasteiger partial charge in [-0.1, -0.05) is 30.3 Å². The Balaban J connectivity index is 1.22. The summed E-state index contributed by atoms with van der Waals surface area (Å²) < 4.78 is 34.4. The summed E-state index contributed by atoms with van der Waals surface area (Å²) in [7, 11) is 0. The topological polar surface area (TPSA) is 33.3 Å². The number of halogens is 2. The molecule has 0 aromatic heterocycles. The van der Waals surface area contributed by atoms with E-state index >= 15 is 0 Å². The lowest BCUT2D eigenvalue weighted by Crippen LogP contribution is -2.39. The normalized spacial score (nSPS) is 30.5. The third-order valence-corrected chi connectivity index (χ3v) is 7.28. The Labute approximate surface area is 177 Å². The highest BCUT2D eigenvalue weighted by atomic mass is 19.1. The van der Waals surface area contributed by atoms with Crippen molar-refractivity contribution in [1.82, 2.24) is 10.6 Å². The van der Waals surface area contributed by atoms with Crippen LogP contribution in [0.1, 0.15) is 55.6 Å². The zero-order valence-corrected chi connectivity index (χ0v) is 17.3. The molecule has 3 fully saturated rings. The molecule has 160 valence electrons. The predicted octanol–water partition coefficient (Wildman–Crippen LogP) is 4.91. The number of hydrogen-bond acceptors (Lipinski definition) is 3. The van der Waals surface area contributed by atoms with Crippen LogP contribution < -0.4 is 15.4 Å². The molecule has 1 spiro atoms.